The Hall–Kier alpha value is -4.72. The normalized spacial score (nSPS) is 15.2. The lowest BCUT2D eigenvalue weighted by molar-refractivity contribution is -0.131. The average Bonchev–Trinajstić information content (AvgIpc) is 3.68. The van der Waals surface area contributed by atoms with E-state index in [4.69, 9.17) is 4.42 Å². The number of rotatable bonds is 6. The van der Waals surface area contributed by atoms with E-state index in [1.54, 1.807) is 0 Å². The molecule has 38 heavy (non-hydrogen) atoms. The Labute approximate surface area is 219 Å². The van der Waals surface area contributed by atoms with Crippen LogP contribution in [0.2, 0.25) is 0 Å². The summed E-state index contributed by atoms with van der Waals surface area (Å²) in [7, 11) is 0. The van der Waals surface area contributed by atoms with Gasteiger partial charge >= 0.3 is 0 Å². The van der Waals surface area contributed by atoms with Crippen molar-refractivity contribution in [2.45, 2.75) is 32.2 Å². The molecule has 2 aromatic heterocycles. The molecule has 2 N–H and O–H groups in total. The van der Waals surface area contributed by atoms with Gasteiger partial charge in [0, 0.05) is 41.3 Å². The summed E-state index contributed by atoms with van der Waals surface area (Å²) in [6.45, 7) is 2.18. The first-order valence-electron chi connectivity index (χ1n) is 12.7. The fourth-order valence-corrected chi connectivity index (χ4v) is 5.04. The van der Waals surface area contributed by atoms with E-state index in [9.17, 15) is 9.59 Å². The van der Waals surface area contributed by atoms with E-state index in [2.05, 4.69) is 26.6 Å². The summed E-state index contributed by atoms with van der Waals surface area (Å²) in [6, 6.07) is 25.3. The standard InChI is InChI=1S/C30H27N5O3/c1-19(36)31-24-12-9-21(10-13-24)26-18-23-17-22(11-14-25(23)32-26)29-33-34-30(38-29)27-8-5-15-35(27)28(37)16-20-6-3-2-4-7-20/h2-4,6-7,9-14,17-18,27,32H,5,8,15-16H2,1H3,(H,31,36)/t27-/m0/s1. The monoisotopic (exact) mass is 505 g/mol. The van der Waals surface area contributed by atoms with E-state index in [0.29, 0.717) is 24.7 Å². The van der Waals surface area contributed by atoms with Crippen molar-refractivity contribution in [3.63, 3.8) is 0 Å². The van der Waals surface area contributed by atoms with Gasteiger partial charge in [-0.05, 0) is 60.4 Å². The zero-order valence-electron chi connectivity index (χ0n) is 21.0. The number of aromatic nitrogens is 3. The lowest BCUT2D eigenvalue weighted by Crippen LogP contribution is -2.32. The number of H-pyrrole nitrogens is 1. The quantitative estimate of drug-likeness (QED) is 0.306. The van der Waals surface area contributed by atoms with Crippen molar-refractivity contribution >= 4 is 28.4 Å². The Morgan fingerprint density at radius 2 is 1.79 bits per heavy atom. The molecule has 8 nitrogen and oxygen atoms in total. The number of likely N-dealkylation sites (tertiary alicyclic amines) is 1. The minimum Gasteiger partial charge on any atom is -0.418 e. The second-order valence-electron chi connectivity index (χ2n) is 9.60. The highest BCUT2D eigenvalue weighted by Gasteiger charge is 2.33. The maximum atomic E-state index is 13.0. The predicted molar refractivity (Wildman–Crippen MR) is 145 cm³/mol. The maximum absolute atomic E-state index is 13.0. The molecule has 0 spiro atoms. The third-order valence-corrected chi connectivity index (χ3v) is 6.88. The number of anilines is 1. The van der Waals surface area contributed by atoms with Crippen LogP contribution in [0, 0.1) is 0 Å². The maximum Gasteiger partial charge on any atom is 0.247 e. The molecule has 190 valence electrons. The minimum atomic E-state index is -0.199. The summed E-state index contributed by atoms with van der Waals surface area (Å²) >= 11 is 0. The molecule has 2 amide bonds. The molecule has 5 aromatic rings. The van der Waals surface area contributed by atoms with Crippen LogP contribution in [0.25, 0.3) is 33.6 Å². The van der Waals surface area contributed by atoms with Crippen molar-refractivity contribution in [2.24, 2.45) is 0 Å². The highest BCUT2D eigenvalue weighted by molar-refractivity contribution is 5.90. The van der Waals surface area contributed by atoms with Crippen LogP contribution in [0.4, 0.5) is 5.69 Å². The van der Waals surface area contributed by atoms with Crippen molar-refractivity contribution in [3.05, 3.63) is 90.3 Å². The van der Waals surface area contributed by atoms with Crippen LogP contribution in [0.3, 0.4) is 0 Å². The van der Waals surface area contributed by atoms with Crippen molar-refractivity contribution in [1.29, 1.82) is 0 Å². The Balaban J connectivity index is 1.20. The predicted octanol–water partition coefficient (Wildman–Crippen LogP) is 5.75. The van der Waals surface area contributed by atoms with Crippen LogP contribution in [0.1, 0.15) is 37.3 Å². The van der Waals surface area contributed by atoms with Gasteiger partial charge in [0.1, 0.15) is 6.04 Å². The van der Waals surface area contributed by atoms with Gasteiger partial charge in [0.25, 0.3) is 0 Å². The minimum absolute atomic E-state index is 0.0739. The summed E-state index contributed by atoms with van der Waals surface area (Å²) in [6.07, 6.45) is 2.08. The van der Waals surface area contributed by atoms with E-state index in [1.165, 1.54) is 6.92 Å². The van der Waals surface area contributed by atoms with E-state index in [-0.39, 0.29) is 17.9 Å². The van der Waals surface area contributed by atoms with Crippen LogP contribution in [-0.4, -0.2) is 38.4 Å². The molecular weight excluding hydrogens is 478 g/mol. The first kappa shape index (κ1) is 23.7. The van der Waals surface area contributed by atoms with Gasteiger partial charge in [0.05, 0.1) is 6.42 Å². The zero-order chi connectivity index (χ0) is 26.1. The fraction of sp³-hybridized carbons (Fsp3) is 0.200. The van der Waals surface area contributed by atoms with E-state index in [1.807, 2.05) is 77.7 Å². The molecule has 0 saturated carbocycles. The highest BCUT2D eigenvalue weighted by Crippen LogP contribution is 2.34. The molecule has 0 bridgehead atoms. The molecule has 1 atom stereocenters. The summed E-state index contributed by atoms with van der Waals surface area (Å²) < 4.78 is 6.11. The SMILES string of the molecule is CC(=O)Nc1ccc(-c2cc3cc(-c4nnc([C@@H]5CCCN5C(=O)Cc5ccccc5)o4)ccc3[nH]2)cc1. The molecule has 0 radical (unpaired) electrons. The van der Waals surface area contributed by atoms with Crippen LogP contribution in [-0.2, 0) is 16.0 Å². The molecule has 8 heteroatoms. The van der Waals surface area contributed by atoms with Gasteiger partial charge < -0.3 is 19.6 Å². The van der Waals surface area contributed by atoms with Gasteiger partial charge in [-0.3, -0.25) is 9.59 Å². The lowest BCUT2D eigenvalue weighted by Gasteiger charge is -2.22. The van der Waals surface area contributed by atoms with Gasteiger partial charge in [0.2, 0.25) is 23.6 Å². The topological polar surface area (TPSA) is 104 Å². The van der Waals surface area contributed by atoms with Crippen LogP contribution in [0.15, 0.2) is 83.3 Å². The average molecular weight is 506 g/mol. The van der Waals surface area contributed by atoms with Gasteiger partial charge in [-0.25, -0.2) is 0 Å². The summed E-state index contributed by atoms with van der Waals surface area (Å²) in [5, 5.41) is 12.4. The fourth-order valence-electron chi connectivity index (χ4n) is 5.04. The first-order valence-corrected chi connectivity index (χ1v) is 12.7. The smallest absolute Gasteiger partial charge is 0.247 e. The van der Waals surface area contributed by atoms with E-state index >= 15 is 0 Å². The van der Waals surface area contributed by atoms with Crippen LogP contribution >= 0.6 is 0 Å². The van der Waals surface area contributed by atoms with Gasteiger partial charge in [-0.2, -0.15) is 0 Å². The molecular formula is C30H27N5O3. The number of amides is 2. The molecule has 1 saturated heterocycles. The largest absolute Gasteiger partial charge is 0.418 e. The van der Waals surface area contributed by atoms with Gasteiger partial charge in [0.15, 0.2) is 0 Å². The van der Waals surface area contributed by atoms with Crippen molar-refractivity contribution < 1.29 is 14.0 Å². The Bertz CT molecular complexity index is 1600. The number of aromatic amines is 1. The highest BCUT2D eigenvalue weighted by atomic mass is 16.4. The molecule has 6 rings (SSSR count). The zero-order valence-corrected chi connectivity index (χ0v) is 21.0. The van der Waals surface area contributed by atoms with Crippen molar-refractivity contribution in [3.8, 4) is 22.7 Å². The number of hydrogen-bond donors (Lipinski definition) is 2. The Kier molecular flexibility index (Phi) is 6.21. The van der Waals surface area contributed by atoms with Crippen molar-refractivity contribution in [1.82, 2.24) is 20.1 Å². The summed E-state index contributed by atoms with van der Waals surface area (Å²) in [5.74, 6) is 0.893. The van der Waals surface area contributed by atoms with Gasteiger partial charge in [-0.15, -0.1) is 10.2 Å². The lowest BCUT2D eigenvalue weighted by atomic mass is 10.1. The molecule has 1 aliphatic rings. The second-order valence-corrected chi connectivity index (χ2v) is 9.60. The summed E-state index contributed by atoms with van der Waals surface area (Å²) in [5.41, 5.74) is 5.55. The number of nitrogens with one attached hydrogen (secondary N) is 2. The molecule has 0 unspecified atom stereocenters. The second kappa shape index (κ2) is 9.97. The van der Waals surface area contributed by atoms with Gasteiger partial charge in [-0.1, -0.05) is 42.5 Å². The van der Waals surface area contributed by atoms with E-state index in [0.717, 1.165) is 51.8 Å². The number of hydrogen-bond acceptors (Lipinski definition) is 5. The molecule has 0 aliphatic carbocycles. The Morgan fingerprint density at radius 1 is 1.00 bits per heavy atom. The molecule has 1 aliphatic heterocycles. The van der Waals surface area contributed by atoms with E-state index < -0.39 is 0 Å². The first-order chi connectivity index (χ1) is 18.5. The molecule has 1 fully saturated rings. The summed E-state index contributed by atoms with van der Waals surface area (Å²) in [4.78, 5) is 29.6. The number of benzene rings is 3. The number of carbonyl (C=O) groups is 2. The molecule has 3 heterocycles. The third kappa shape index (κ3) is 4.80. The molecule has 3 aromatic carbocycles. The third-order valence-electron chi connectivity index (χ3n) is 6.88. The Morgan fingerprint density at radius 3 is 2.58 bits per heavy atom. The van der Waals surface area contributed by atoms with Crippen molar-refractivity contribution in [2.75, 3.05) is 11.9 Å². The number of nitrogens with zero attached hydrogens (tertiary/aromatic N) is 3. The van der Waals surface area contributed by atoms with Crippen LogP contribution in [0.5, 0.6) is 0 Å². The number of fused-ring (bicyclic) bond motifs is 1. The van der Waals surface area contributed by atoms with Crippen LogP contribution < -0.4 is 5.32 Å². The number of carbonyl (C=O) groups excluding carboxylic acids is 2.